The van der Waals surface area contributed by atoms with Crippen LogP contribution in [0.4, 0.5) is 0 Å². The molecule has 3 N–H and O–H groups in total. The number of aliphatic carboxylic acids is 1. The van der Waals surface area contributed by atoms with Crippen molar-refractivity contribution in [2.24, 2.45) is 0 Å². The number of phosphoric acid groups is 1. The van der Waals surface area contributed by atoms with Gasteiger partial charge in [0, 0.05) is 12.4 Å². The molecule has 0 bridgehead atoms. The highest BCUT2D eigenvalue weighted by Gasteiger charge is 2.10. The number of carboxylic acids is 1. The summed E-state index contributed by atoms with van der Waals surface area (Å²) in [4.78, 5) is 27.1. The van der Waals surface area contributed by atoms with Crippen molar-refractivity contribution in [3.8, 4) is 0 Å². The lowest BCUT2D eigenvalue weighted by molar-refractivity contribution is -0.888. The number of rotatable bonds is 11. The molecule has 0 fully saturated rings. The fourth-order valence-corrected chi connectivity index (χ4v) is 1.79. The Kier molecular flexibility index (Phi) is 22.1. The molecule has 0 aromatic heterocycles. The number of carbonyl (C=O) groups excluding carboxylic acids is 1. The van der Waals surface area contributed by atoms with Gasteiger partial charge < -0.3 is 48.7 Å². The summed E-state index contributed by atoms with van der Waals surface area (Å²) in [6.07, 6.45) is 0.840. The molecule has 0 radical (unpaired) electrons. The maximum Gasteiger partial charge on any atom is 0.267 e. The Balaban J connectivity index is -0.000000172. The van der Waals surface area contributed by atoms with Crippen molar-refractivity contribution < 1.29 is 62.3 Å². The number of hydrogen-bond donors (Lipinski definition) is 3. The molecule has 0 aliphatic heterocycles. The van der Waals surface area contributed by atoms with Crippen molar-refractivity contribution in [3.63, 3.8) is 0 Å². The van der Waals surface area contributed by atoms with Gasteiger partial charge in [-0.25, -0.2) is 8.42 Å². The minimum absolute atomic E-state index is 0.0122. The van der Waals surface area contributed by atoms with Gasteiger partial charge in [0.1, 0.15) is 10.1 Å². The molecule has 0 rings (SSSR count). The highest BCUT2D eigenvalue weighted by molar-refractivity contribution is 7.85. The summed E-state index contributed by atoms with van der Waals surface area (Å²) in [7, 11) is 0.986. The zero-order valence-electron chi connectivity index (χ0n) is 20.7. The second kappa shape index (κ2) is 19.7. The number of hydrogen-bond acceptors (Lipinski definition) is 11. The van der Waals surface area contributed by atoms with Crippen molar-refractivity contribution in [1.29, 1.82) is 0 Å². The Hall–Kier alpha value is -0.710. The van der Waals surface area contributed by atoms with Gasteiger partial charge in [0.25, 0.3) is 7.82 Å². The van der Waals surface area contributed by atoms with Crippen LogP contribution in [0.5, 0.6) is 0 Å². The number of phosphoric ester groups is 1. The highest BCUT2D eigenvalue weighted by Crippen LogP contribution is 2.28. The minimum Gasteiger partial charge on any atom is -0.854 e. The molecule has 0 aromatic carbocycles. The molecule has 32 heavy (non-hydrogen) atoms. The molecule has 0 aliphatic carbocycles. The molecule has 1 unspecified atom stereocenters. The normalized spacial score (nSPS) is 13.7. The van der Waals surface area contributed by atoms with Gasteiger partial charge in [-0.05, 0) is 20.4 Å². The Morgan fingerprint density at radius 3 is 1.94 bits per heavy atom. The van der Waals surface area contributed by atoms with Crippen molar-refractivity contribution in [2.75, 3.05) is 81.2 Å². The third-order valence-electron chi connectivity index (χ3n) is 3.23. The average Bonchev–Trinajstić information content (AvgIpc) is 2.64. The summed E-state index contributed by atoms with van der Waals surface area (Å²) in [5.74, 6) is -1.45. The Labute approximate surface area is 193 Å². The summed E-state index contributed by atoms with van der Waals surface area (Å²) >= 11 is 0. The zero-order chi connectivity index (χ0) is 27.4. The predicted octanol–water partition coefficient (Wildman–Crippen LogP) is -4.21. The van der Waals surface area contributed by atoms with Crippen molar-refractivity contribution in [2.45, 2.75) is 19.8 Å². The van der Waals surface area contributed by atoms with Crippen LogP contribution in [-0.4, -0.2) is 119 Å². The van der Waals surface area contributed by atoms with E-state index < -0.39 is 36.6 Å². The van der Waals surface area contributed by atoms with E-state index in [4.69, 9.17) is 11.4 Å². The maximum absolute atomic E-state index is 10.0. The van der Waals surface area contributed by atoms with Crippen LogP contribution in [0, 0.1) is 0 Å². The number of aliphatic hydroxyl groups is 1. The summed E-state index contributed by atoms with van der Waals surface area (Å²) in [5.41, 5.74) is 0. The van der Waals surface area contributed by atoms with Crippen molar-refractivity contribution >= 4 is 23.9 Å². The maximum atomic E-state index is 10.0. The molecule has 0 heterocycles. The summed E-state index contributed by atoms with van der Waals surface area (Å²) in [6, 6.07) is 0. The number of carbonyl (C=O) groups is 1. The highest BCUT2D eigenvalue weighted by atomic mass is 32.2. The smallest absolute Gasteiger partial charge is 0.267 e. The van der Waals surface area contributed by atoms with Crippen LogP contribution >= 0.6 is 7.82 Å². The summed E-state index contributed by atoms with van der Waals surface area (Å²) < 4.78 is 50.1. The van der Waals surface area contributed by atoms with E-state index in [1.54, 1.807) is 0 Å². The first kappa shape index (κ1) is 35.9. The topological polar surface area (TPSA) is 222 Å². The Bertz CT molecular complexity index is 631. The molecule has 0 saturated heterocycles. The van der Waals surface area contributed by atoms with Crippen LogP contribution in [-0.2, 0) is 24.0 Å². The molecule has 0 amide bonds. The van der Waals surface area contributed by atoms with Crippen LogP contribution in [0.25, 0.3) is 0 Å². The minimum atomic E-state index is -4.67. The molecule has 198 valence electrons. The number of nitrogens with zero attached hydrogens (tertiary/aromatic N) is 2. The first-order valence-corrected chi connectivity index (χ1v) is 12.4. The van der Waals surface area contributed by atoms with Gasteiger partial charge in [-0.15, -0.1) is 6.61 Å². The largest absolute Gasteiger partial charge is 0.854 e. The molecule has 0 aliphatic rings. The summed E-state index contributed by atoms with van der Waals surface area (Å²) in [6.45, 7) is 3.44. The Morgan fingerprint density at radius 2 is 1.75 bits per heavy atom. The molecule has 0 saturated carbocycles. The summed E-state index contributed by atoms with van der Waals surface area (Å²) in [5, 5.41) is 29.9. The predicted molar refractivity (Wildman–Crippen MR) is 111 cm³/mol. The fourth-order valence-electron chi connectivity index (χ4n) is 1.29. The van der Waals surface area contributed by atoms with Crippen LogP contribution < -0.4 is 20.4 Å². The molecule has 1 atom stereocenters. The third kappa shape index (κ3) is 51.7. The second-order valence-electron chi connectivity index (χ2n) is 7.60. The van der Waals surface area contributed by atoms with E-state index in [0.717, 1.165) is 17.6 Å². The third-order valence-corrected chi connectivity index (χ3v) is 4.31. The van der Waals surface area contributed by atoms with Crippen LogP contribution in [0.1, 0.15) is 21.1 Å². The standard InChI is InChI=1S/C7H15NO2.C6H15NO.C2H7NO3S.CH5O5P/c1-4-8(2,3)6-5-7(9)10;1-7(2,3)5-4-6-8;1-3-2-7(4,5)6;2-1-6-7(3,4)5/h4-6H2,1-3H3;4-6H2,1-3H3;3H,2H2,1H3,(H,4,5,6);2H,1H2,(H2,3,4,5)/p-2/i;1D;;. The van der Waals surface area contributed by atoms with Gasteiger partial charge in [0.15, 0.2) is 6.79 Å². The van der Waals surface area contributed by atoms with E-state index in [-0.39, 0.29) is 13.0 Å². The van der Waals surface area contributed by atoms with Crippen LogP contribution in [0.3, 0.4) is 0 Å². The van der Waals surface area contributed by atoms with Gasteiger partial charge in [0.2, 0.25) is 0 Å². The second-order valence-corrected chi connectivity index (χ2v) is 10.2. The fraction of sp³-hybridized carbons (Fsp3) is 0.938. The van der Waals surface area contributed by atoms with E-state index in [2.05, 4.69) is 9.84 Å². The van der Waals surface area contributed by atoms with Gasteiger partial charge in [-0.2, -0.15) is 0 Å². The Morgan fingerprint density at radius 1 is 1.25 bits per heavy atom. The number of aliphatic hydroxyl groups excluding tert-OH is 1. The number of nitrogens with one attached hydrogen (secondary N) is 1. The number of quaternary nitrogens is 2. The molecule has 16 heteroatoms. The quantitative estimate of drug-likeness (QED) is 0.103. The van der Waals surface area contributed by atoms with E-state index in [1.807, 2.05) is 35.1 Å². The van der Waals surface area contributed by atoms with E-state index in [9.17, 15) is 37.4 Å². The van der Waals surface area contributed by atoms with Gasteiger partial charge in [-0.3, -0.25) is 9.09 Å². The SMILES string of the molecule is CC[N+](C)(C)CCC(=O)[O-].CNCS(=O)(=O)[O-].O=P([O-])(O)OCO.[2H]C[N+](C)(C)CCC[O-]. The van der Waals surface area contributed by atoms with E-state index in [0.29, 0.717) is 24.5 Å². The van der Waals surface area contributed by atoms with Gasteiger partial charge in [-0.1, -0.05) is 0 Å². The van der Waals surface area contributed by atoms with Gasteiger partial charge >= 0.3 is 0 Å². The van der Waals surface area contributed by atoms with Crippen molar-refractivity contribution in [3.05, 3.63) is 0 Å². The molecular formula is C16H40N3O11PS-2. The monoisotopic (exact) mass is 514 g/mol. The molecule has 14 nitrogen and oxygen atoms in total. The molecule has 0 aromatic rings. The first-order chi connectivity index (χ1) is 14.7. The lowest BCUT2D eigenvalue weighted by Crippen LogP contribution is -2.42. The number of carboxylic acid groups (broad SMARTS) is 1. The molecular weight excluding hydrogens is 473 g/mol. The van der Waals surface area contributed by atoms with Crippen LogP contribution in [0.2, 0.25) is 0 Å². The van der Waals surface area contributed by atoms with Crippen molar-refractivity contribution in [1.82, 2.24) is 5.32 Å². The first-order valence-electron chi connectivity index (χ1n) is 10.0. The lowest BCUT2D eigenvalue weighted by atomic mass is 10.3. The van der Waals surface area contributed by atoms with E-state index in [1.165, 1.54) is 7.05 Å². The average molecular weight is 515 g/mol. The zero-order valence-corrected chi connectivity index (χ0v) is 21.4. The lowest BCUT2D eigenvalue weighted by Gasteiger charge is -2.28. The van der Waals surface area contributed by atoms with Gasteiger partial charge in [0.05, 0.1) is 62.1 Å². The van der Waals surface area contributed by atoms with E-state index >= 15 is 0 Å². The van der Waals surface area contributed by atoms with Crippen LogP contribution in [0.15, 0.2) is 0 Å². The molecule has 0 spiro atoms.